The first kappa shape index (κ1) is 15.0. The minimum absolute atomic E-state index is 0.0833. The Hall–Kier alpha value is -0.470. The molecule has 6 N–H and O–H groups in total. The van der Waals surface area contributed by atoms with E-state index in [2.05, 4.69) is 29.5 Å². The molecular formula is C5H15N3O3S2. The van der Waals surface area contributed by atoms with Crippen LogP contribution in [-0.4, -0.2) is 23.5 Å². The van der Waals surface area contributed by atoms with E-state index < -0.39 is 14.7 Å². The molecule has 0 amide bonds. The molecule has 0 aromatic carbocycles. The monoisotopic (exact) mass is 229 g/mol. The summed E-state index contributed by atoms with van der Waals surface area (Å²) in [4.78, 5) is 0. The van der Waals surface area contributed by atoms with Crippen molar-refractivity contribution < 1.29 is 18.4 Å². The Morgan fingerprint density at radius 2 is 1.92 bits per heavy atom. The normalized spacial score (nSPS) is 12.5. The van der Waals surface area contributed by atoms with Gasteiger partial charge < -0.3 is 4.55 Å². The van der Waals surface area contributed by atoms with Gasteiger partial charge in [-0.05, 0) is 6.42 Å². The third kappa shape index (κ3) is 14.4. The van der Waals surface area contributed by atoms with Crippen LogP contribution in [0.5, 0.6) is 0 Å². The van der Waals surface area contributed by atoms with Crippen molar-refractivity contribution in [1.82, 2.24) is 0 Å². The van der Waals surface area contributed by atoms with Gasteiger partial charge in [0.25, 0.3) is 0 Å². The molecule has 0 saturated carbocycles. The van der Waals surface area contributed by atoms with Crippen molar-refractivity contribution in [3.05, 3.63) is 0 Å². The summed E-state index contributed by atoms with van der Waals surface area (Å²) in [6.07, 6.45) is 0.991. The van der Waals surface area contributed by atoms with Crippen molar-refractivity contribution in [2.75, 3.05) is 0 Å². The highest BCUT2D eigenvalue weighted by molar-refractivity contribution is 8.01. The SMILES string of the molecule is CCCC(S)S(=O)(=O)[O-].NC(N)=[NH2+]. The van der Waals surface area contributed by atoms with Crippen molar-refractivity contribution >= 4 is 28.7 Å². The molecular weight excluding hydrogens is 214 g/mol. The molecule has 0 aliphatic carbocycles. The van der Waals surface area contributed by atoms with E-state index >= 15 is 0 Å². The van der Waals surface area contributed by atoms with E-state index in [1.807, 2.05) is 0 Å². The third-order valence-electron chi connectivity index (χ3n) is 0.869. The van der Waals surface area contributed by atoms with Gasteiger partial charge in [0.05, 0.1) is 4.58 Å². The summed E-state index contributed by atoms with van der Waals surface area (Å²) in [5.41, 5.74) is 9.17. The van der Waals surface area contributed by atoms with Crippen LogP contribution in [0.3, 0.4) is 0 Å². The van der Waals surface area contributed by atoms with Gasteiger partial charge in [-0.25, -0.2) is 8.42 Å². The molecule has 0 saturated heterocycles. The molecule has 0 heterocycles. The minimum atomic E-state index is -4.15. The van der Waals surface area contributed by atoms with Crippen molar-refractivity contribution in [3.63, 3.8) is 0 Å². The molecule has 8 heteroatoms. The van der Waals surface area contributed by atoms with E-state index in [-0.39, 0.29) is 5.96 Å². The van der Waals surface area contributed by atoms with Crippen molar-refractivity contribution in [3.8, 4) is 0 Å². The smallest absolute Gasteiger partial charge is 0.336 e. The van der Waals surface area contributed by atoms with Crippen LogP contribution in [0.4, 0.5) is 0 Å². The maximum Gasteiger partial charge on any atom is 0.336 e. The molecule has 1 unspecified atom stereocenters. The maximum atomic E-state index is 10.1. The second-order valence-corrected chi connectivity index (χ2v) is 4.76. The first-order valence-electron chi connectivity index (χ1n) is 3.48. The topological polar surface area (TPSA) is 135 Å². The Labute approximate surface area is 83.4 Å². The number of guanidine groups is 1. The summed E-state index contributed by atoms with van der Waals surface area (Å²) in [5, 5.41) is 4.58. The fourth-order valence-electron chi connectivity index (χ4n) is 0.391. The Bertz CT molecular complexity index is 235. The molecule has 0 aliphatic rings. The van der Waals surface area contributed by atoms with E-state index in [1.54, 1.807) is 6.92 Å². The first-order chi connectivity index (χ1) is 5.71. The highest BCUT2D eigenvalue weighted by Crippen LogP contribution is 2.09. The van der Waals surface area contributed by atoms with Gasteiger partial charge in [0.2, 0.25) is 0 Å². The second-order valence-electron chi connectivity index (χ2n) is 2.24. The number of rotatable bonds is 3. The van der Waals surface area contributed by atoms with Crippen LogP contribution >= 0.6 is 12.6 Å². The Kier molecular flexibility index (Phi) is 8.07. The molecule has 1 atom stereocenters. The Balaban J connectivity index is 0. The van der Waals surface area contributed by atoms with E-state index in [0.717, 1.165) is 0 Å². The number of hydrogen-bond acceptors (Lipinski definition) is 4. The van der Waals surface area contributed by atoms with Gasteiger partial charge in [-0.1, -0.05) is 13.3 Å². The predicted octanol–water partition coefficient (Wildman–Crippen LogP) is -2.39. The summed E-state index contributed by atoms with van der Waals surface area (Å²) < 4.78 is 29.2. The molecule has 0 rings (SSSR count). The van der Waals surface area contributed by atoms with Crippen LogP contribution in [0, 0.1) is 0 Å². The molecule has 0 radical (unpaired) electrons. The standard InChI is InChI=1S/C4H10O3S2.CH5N3/c1-2-3-4(8)9(5,6)7;2-1(3)4/h4,8H,2-3H2,1H3,(H,5,6,7);(H5,2,3,4). The van der Waals surface area contributed by atoms with Gasteiger partial charge in [0.1, 0.15) is 10.1 Å². The highest BCUT2D eigenvalue weighted by Gasteiger charge is 2.07. The zero-order valence-corrected chi connectivity index (χ0v) is 9.01. The van der Waals surface area contributed by atoms with Gasteiger partial charge in [0, 0.05) is 0 Å². The van der Waals surface area contributed by atoms with Crippen molar-refractivity contribution in [2.45, 2.75) is 24.3 Å². The van der Waals surface area contributed by atoms with E-state index in [9.17, 15) is 13.0 Å². The molecule has 6 nitrogen and oxygen atoms in total. The molecule has 80 valence electrons. The van der Waals surface area contributed by atoms with E-state index in [1.165, 1.54) is 0 Å². The summed E-state index contributed by atoms with van der Waals surface area (Å²) in [7, 11) is -4.15. The van der Waals surface area contributed by atoms with E-state index in [0.29, 0.717) is 12.8 Å². The summed E-state index contributed by atoms with van der Waals surface area (Å²) in [5.74, 6) is -0.0833. The Morgan fingerprint density at radius 1 is 1.62 bits per heavy atom. The van der Waals surface area contributed by atoms with E-state index in [4.69, 9.17) is 0 Å². The van der Waals surface area contributed by atoms with Crippen LogP contribution in [0.15, 0.2) is 0 Å². The van der Waals surface area contributed by atoms with Gasteiger partial charge in [-0.3, -0.25) is 16.9 Å². The predicted molar refractivity (Wildman–Crippen MR) is 52.7 cm³/mol. The molecule has 0 spiro atoms. The molecule has 0 fully saturated rings. The quantitative estimate of drug-likeness (QED) is 0.185. The van der Waals surface area contributed by atoms with Crippen LogP contribution in [0.1, 0.15) is 19.8 Å². The van der Waals surface area contributed by atoms with Crippen LogP contribution < -0.4 is 16.9 Å². The fraction of sp³-hybridized carbons (Fsp3) is 0.800. The average Bonchev–Trinajstić information content (AvgIpc) is 1.84. The van der Waals surface area contributed by atoms with Gasteiger partial charge in [0.15, 0.2) is 0 Å². The zero-order chi connectivity index (χ0) is 11.1. The van der Waals surface area contributed by atoms with Crippen molar-refractivity contribution in [1.29, 1.82) is 0 Å². The highest BCUT2D eigenvalue weighted by atomic mass is 32.3. The van der Waals surface area contributed by atoms with Crippen LogP contribution in [0.25, 0.3) is 0 Å². The van der Waals surface area contributed by atoms with Crippen LogP contribution in [-0.2, 0) is 10.1 Å². The maximum absolute atomic E-state index is 10.1. The minimum Gasteiger partial charge on any atom is -0.747 e. The number of thiol groups is 1. The molecule has 13 heavy (non-hydrogen) atoms. The molecule has 0 bridgehead atoms. The lowest BCUT2D eigenvalue weighted by Crippen LogP contribution is -2.51. The molecule has 0 aromatic rings. The van der Waals surface area contributed by atoms with Gasteiger partial charge in [-0.2, -0.15) is 12.6 Å². The summed E-state index contributed by atoms with van der Waals surface area (Å²) in [6.45, 7) is 1.80. The summed E-state index contributed by atoms with van der Waals surface area (Å²) >= 11 is 3.59. The second kappa shape index (κ2) is 6.98. The molecule has 0 aliphatic heterocycles. The van der Waals surface area contributed by atoms with Gasteiger partial charge in [-0.15, -0.1) is 0 Å². The first-order valence-corrected chi connectivity index (χ1v) is 5.46. The molecule has 0 aromatic heterocycles. The number of hydrogen-bond donors (Lipinski definition) is 4. The third-order valence-corrected chi connectivity index (χ3v) is 2.80. The Morgan fingerprint density at radius 3 is 2.00 bits per heavy atom. The zero-order valence-electron chi connectivity index (χ0n) is 7.30. The lowest BCUT2D eigenvalue weighted by Gasteiger charge is -2.12. The average molecular weight is 229 g/mol. The fourth-order valence-corrected chi connectivity index (χ4v) is 1.17. The van der Waals surface area contributed by atoms with Crippen LogP contribution in [0.2, 0.25) is 0 Å². The summed E-state index contributed by atoms with van der Waals surface area (Å²) in [6, 6.07) is 0. The van der Waals surface area contributed by atoms with Gasteiger partial charge >= 0.3 is 5.96 Å². The lowest BCUT2D eigenvalue weighted by atomic mass is 10.4. The van der Waals surface area contributed by atoms with Crippen molar-refractivity contribution in [2.24, 2.45) is 11.5 Å². The largest absolute Gasteiger partial charge is 0.747 e. The number of nitrogens with two attached hydrogens (primary N) is 3. The lowest BCUT2D eigenvalue weighted by molar-refractivity contribution is -0.116.